The minimum Gasteiger partial charge on any atom is -0.381 e. The lowest BCUT2D eigenvalue weighted by Crippen LogP contribution is -2.41. The van der Waals surface area contributed by atoms with Crippen molar-refractivity contribution < 1.29 is 9.53 Å². The maximum Gasteiger partial charge on any atom is 0.231 e. The molecule has 1 unspecified atom stereocenters. The fourth-order valence-corrected chi connectivity index (χ4v) is 4.22. The van der Waals surface area contributed by atoms with E-state index in [0.29, 0.717) is 19.0 Å². The summed E-state index contributed by atoms with van der Waals surface area (Å²) in [5.41, 5.74) is 4.32. The second kappa shape index (κ2) is 10.2. The molecule has 3 aromatic rings. The predicted molar refractivity (Wildman–Crippen MR) is 135 cm³/mol. The zero-order chi connectivity index (χ0) is 23.4. The van der Waals surface area contributed by atoms with Gasteiger partial charge < -0.3 is 9.64 Å². The second-order valence-corrected chi connectivity index (χ2v) is 8.88. The molecule has 1 atom stereocenters. The molecule has 0 aliphatic carbocycles. The van der Waals surface area contributed by atoms with Crippen LogP contribution in [0.2, 0.25) is 0 Å². The van der Waals surface area contributed by atoms with Gasteiger partial charge in [0.25, 0.3) is 0 Å². The van der Waals surface area contributed by atoms with E-state index in [1.54, 1.807) is 6.20 Å². The molecule has 6 nitrogen and oxygen atoms in total. The smallest absolute Gasteiger partial charge is 0.231 e. The number of rotatable bonds is 6. The topological polar surface area (TPSA) is 58.6 Å². The Balaban J connectivity index is 1.61. The predicted octanol–water partition coefficient (Wildman–Crippen LogP) is 3.61. The molecular weight excluding hydrogens is 411 g/mol. The van der Waals surface area contributed by atoms with Crippen LogP contribution in [0.15, 0.2) is 60.9 Å². The highest BCUT2D eigenvalue weighted by Crippen LogP contribution is 2.30. The van der Waals surface area contributed by atoms with Crippen molar-refractivity contribution in [2.45, 2.75) is 25.7 Å². The quantitative estimate of drug-likeness (QED) is 0.546. The number of aromatic nitrogens is 2. The van der Waals surface area contributed by atoms with Crippen LogP contribution >= 0.6 is 0 Å². The van der Waals surface area contributed by atoms with E-state index in [1.165, 1.54) is 0 Å². The van der Waals surface area contributed by atoms with E-state index >= 15 is 0 Å². The van der Waals surface area contributed by atoms with Gasteiger partial charge in [-0.1, -0.05) is 24.3 Å². The largest absolute Gasteiger partial charge is 0.381 e. The number of ether oxygens (including phenoxy) is 1. The lowest BCUT2D eigenvalue weighted by atomic mass is 9.85. The number of anilines is 2. The summed E-state index contributed by atoms with van der Waals surface area (Å²) in [5.74, 6) is 1.57. The second-order valence-electron chi connectivity index (χ2n) is 8.88. The highest BCUT2D eigenvalue weighted by molar-refractivity contribution is 6.17. The third-order valence-corrected chi connectivity index (χ3v) is 6.28. The van der Waals surface area contributed by atoms with Crippen LogP contribution in [-0.4, -0.2) is 51.0 Å². The van der Waals surface area contributed by atoms with Gasteiger partial charge in [0.2, 0.25) is 5.91 Å². The molecule has 0 spiro atoms. The van der Waals surface area contributed by atoms with E-state index < -0.39 is 0 Å². The lowest BCUT2D eigenvalue weighted by Gasteiger charge is -2.33. The highest BCUT2D eigenvalue weighted by atomic mass is 16.5. The van der Waals surface area contributed by atoms with Gasteiger partial charge in [0.15, 0.2) is 0 Å². The number of aryl methyl sites for hydroxylation is 1. The van der Waals surface area contributed by atoms with Crippen molar-refractivity contribution in [2.75, 3.05) is 37.1 Å². The fourth-order valence-electron chi connectivity index (χ4n) is 4.22. The van der Waals surface area contributed by atoms with Gasteiger partial charge in [-0.05, 0) is 60.7 Å². The minimum atomic E-state index is -0.141. The van der Waals surface area contributed by atoms with Gasteiger partial charge in [0.1, 0.15) is 19.5 Å². The average Bonchev–Trinajstić information content (AvgIpc) is 2.85. The van der Waals surface area contributed by atoms with Gasteiger partial charge in [-0.15, -0.1) is 0 Å². The number of carbonyl (C=O) groups excluding carboxylic acids is 1. The normalized spacial score (nSPS) is 15.1. The molecule has 1 aliphatic heterocycles. The zero-order valence-electron chi connectivity index (χ0n) is 19.9. The summed E-state index contributed by atoms with van der Waals surface area (Å²) in [6.07, 6.45) is 5.17. The molecule has 170 valence electrons. The Morgan fingerprint density at radius 3 is 2.30 bits per heavy atom. The molecule has 0 saturated carbocycles. The molecule has 1 aliphatic rings. The molecule has 0 radical (unpaired) electrons. The standard InChI is InChI=1S/C26H31BN4O2/c1-18-10-13-28-24(16-18)31(26(32)21-11-14-33-15-12-21)25(27)20-6-4-19(5-7-20)22-8-9-23(29-17-22)30(2)3/h4-10,13,16-17,21,25H,11-12,14-15,27H2,1-3H3. The number of carbonyl (C=O) groups is 1. The Morgan fingerprint density at radius 2 is 1.70 bits per heavy atom. The average molecular weight is 442 g/mol. The Labute approximate surface area is 197 Å². The van der Waals surface area contributed by atoms with Crippen molar-refractivity contribution >= 4 is 25.4 Å². The molecule has 2 aromatic heterocycles. The Morgan fingerprint density at radius 1 is 1.00 bits per heavy atom. The van der Waals surface area contributed by atoms with Crippen LogP contribution < -0.4 is 9.80 Å². The van der Waals surface area contributed by atoms with Gasteiger partial charge in [-0.25, -0.2) is 9.97 Å². The van der Waals surface area contributed by atoms with Crippen LogP contribution in [-0.2, 0) is 9.53 Å². The molecule has 1 saturated heterocycles. The van der Waals surface area contributed by atoms with E-state index in [2.05, 4.69) is 48.1 Å². The Hall–Kier alpha value is -3.19. The summed E-state index contributed by atoms with van der Waals surface area (Å²) in [5, 5.41) is 0. The monoisotopic (exact) mass is 442 g/mol. The maximum atomic E-state index is 13.6. The number of hydrogen-bond acceptors (Lipinski definition) is 5. The summed E-state index contributed by atoms with van der Waals surface area (Å²) in [6, 6.07) is 16.4. The first-order valence-corrected chi connectivity index (χ1v) is 11.5. The SMILES string of the molecule is BC(c1ccc(-c2ccc(N(C)C)nc2)cc1)N(C(=O)C1CCOCC1)c1cc(C)ccn1. The molecule has 1 aromatic carbocycles. The van der Waals surface area contributed by atoms with Gasteiger partial charge in [0.05, 0.1) is 0 Å². The molecule has 1 amide bonds. The van der Waals surface area contributed by atoms with Crippen molar-refractivity contribution in [1.82, 2.24) is 9.97 Å². The number of pyridine rings is 2. The summed E-state index contributed by atoms with van der Waals surface area (Å²) in [4.78, 5) is 26.5. The summed E-state index contributed by atoms with van der Waals surface area (Å²) in [6.45, 7) is 3.29. The van der Waals surface area contributed by atoms with E-state index in [4.69, 9.17) is 4.74 Å². The van der Waals surface area contributed by atoms with Crippen LogP contribution in [0, 0.1) is 12.8 Å². The first-order valence-electron chi connectivity index (χ1n) is 11.5. The summed E-state index contributed by atoms with van der Waals surface area (Å²) < 4.78 is 5.48. The number of amides is 1. The van der Waals surface area contributed by atoms with Crippen molar-refractivity contribution in [2.24, 2.45) is 5.92 Å². The summed E-state index contributed by atoms with van der Waals surface area (Å²) in [7, 11) is 6.03. The molecule has 33 heavy (non-hydrogen) atoms. The Bertz CT molecular complexity index is 1080. The minimum absolute atomic E-state index is 0.0379. The van der Waals surface area contributed by atoms with Gasteiger partial charge in [0, 0.05) is 57.1 Å². The lowest BCUT2D eigenvalue weighted by molar-refractivity contribution is -0.125. The molecule has 3 heterocycles. The van der Waals surface area contributed by atoms with E-state index in [1.807, 2.05) is 55.2 Å². The van der Waals surface area contributed by atoms with E-state index in [9.17, 15) is 4.79 Å². The van der Waals surface area contributed by atoms with E-state index in [0.717, 1.165) is 40.9 Å². The van der Waals surface area contributed by atoms with Crippen molar-refractivity contribution in [3.05, 3.63) is 72.1 Å². The third kappa shape index (κ3) is 5.25. The van der Waals surface area contributed by atoms with Crippen LogP contribution in [0.5, 0.6) is 0 Å². The first-order chi connectivity index (χ1) is 15.9. The van der Waals surface area contributed by atoms with Crippen molar-refractivity contribution in [3.63, 3.8) is 0 Å². The van der Waals surface area contributed by atoms with Gasteiger partial charge >= 0.3 is 0 Å². The zero-order valence-corrected chi connectivity index (χ0v) is 19.9. The molecule has 0 bridgehead atoms. The Kier molecular flexibility index (Phi) is 7.09. The summed E-state index contributed by atoms with van der Waals surface area (Å²) >= 11 is 0. The number of nitrogens with zero attached hydrogens (tertiary/aromatic N) is 4. The van der Waals surface area contributed by atoms with Crippen molar-refractivity contribution in [3.8, 4) is 11.1 Å². The van der Waals surface area contributed by atoms with Crippen LogP contribution in [0.25, 0.3) is 11.1 Å². The maximum absolute atomic E-state index is 13.6. The van der Waals surface area contributed by atoms with Crippen LogP contribution in [0.4, 0.5) is 11.6 Å². The number of hydrogen-bond donors (Lipinski definition) is 0. The van der Waals surface area contributed by atoms with Gasteiger partial charge in [-0.2, -0.15) is 0 Å². The highest BCUT2D eigenvalue weighted by Gasteiger charge is 2.31. The number of benzene rings is 1. The van der Waals surface area contributed by atoms with E-state index in [-0.39, 0.29) is 17.8 Å². The van der Waals surface area contributed by atoms with Gasteiger partial charge in [-0.3, -0.25) is 9.69 Å². The van der Waals surface area contributed by atoms with Crippen LogP contribution in [0.1, 0.15) is 29.9 Å². The first kappa shape index (κ1) is 23.0. The third-order valence-electron chi connectivity index (χ3n) is 6.28. The molecule has 4 rings (SSSR count). The molecule has 0 N–H and O–H groups in total. The molecule has 7 heteroatoms. The molecular formula is C26H31BN4O2. The van der Waals surface area contributed by atoms with Crippen molar-refractivity contribution in [1.29, 1.82) is 0 Å². The van der Waals surface area contributed by atoms with Crippen LogP contribution in [0.3, 0.4) is 0 Å². The molecule has 1 fully saturated rings. The fraction of sp³-hybridized carbons (Fsp3) is 0.346.